The van der Waals surface area contributed by atoms with Crippen LogP contribution in [0.15, 0.2) is 96.0 Å². The highest BCUT2D eigenvalue weighted by Crippen LogP contribution is 2.35. The van der Waals surface area contributed by atoms with Gasteiger partial charge in [-0.2, -0.15) is 0 Å². The van der Waals surface area contributed by atoms with E-state index in [-0.39, 0.29) is 6.61 Å². The van der Waals surface area contributed by atoms with Crippen molar-refractivity contribution >= 4 is 11.9 Å². The van der Waals surface area contributed by atoms with Crippen molar-refractivity contribution in [1.29, 1.82) is 0 Å². The van der Waals surface area contributed by atoms with Gasteiger partial charge in [0.15, 0.2) is 23.0 Å². The molecule has 0 saturated carbocycles. The van der Waals surface area contributed by atoms with Crippen LogP contribution in [0.5, 0.6) is 23.0 Å². The van der Waals surface area contributed by atoms with E-state index in [9.17, 15) is 4.79 Å². The fourth-order valence-electron chi connectivity index (χ4n) is 4.66. The molecule has 5 rings (SSSR count). The van der Waals surface area contributed by atoms with Crippen molar-refractivity contribution in [2.45, 2.75) is 33.0 Å². The summed E-state index contributed by atoms with van der Waals surface area (Å²) in [5.74, 6) is 2.12. The van der Waals surface area contributed by atoms with Crippen LogP contribution in [-0.4, -0.2) is 32.1 Å². The van der Waals surface area contributed by atoms with Gasteiger partial charge in [-0.1, -0.05) is 66.7 Å². The number of aliphatic imine (C=N–C) groups is 1. The lowest BCUT2D eigenvalue weighted by atomic mass is 9.93. The van der Waals surface area contributed by atoms with Gasteiger partial charge in [0.05, 0.1) is 13.7 Å². The molecule has 0 aromatic heterocycles. The van der Waals surface area contributed by atoms with E-state index in [2.05, 4.69) is 0 Å². The molecule has 1 aliphatic heterocycles. The molecule has 0 unspecified atom stereocenters. The summed E-state index contributed by atoms with van der Waals surface area (Å²) in [5, 5.41) is 0. The fourth-order valence-corrected chi connectivity index (χ4v) is 4.66. The van der Waals surface area contributed by atoms with Crippen molar-refractivity contribution in [3.63, 3.8) is 0 Å². The van der Waals surface area contributed by atoms with Crippen LogP contribution in [0.1, 0.15) is 34.7 Å². The number of ether oxygens (including phenoxy) is 5. The monoisotopic (exact) mass is 551 g/mol. The van der Waals surface area contributed by atoms with E-state index in [0.29, 0.717) is 49.2 Å². The summed E-state index contributed by atoms with van der Waals surface area (Å²) < 4.78 is 28.4. The predicted octanol–water partition coefficient (Wildman–Crippen LogP) is 6.98. The molecule has 7 heteroatoms. The minimum absolute atomic E-state index is 0.213. The zero-order valence-corrected chi connectivity index (χ0v) is 23.3. The molecule has 1 heterocycles. The quantitative estimate of drug-likeness (QED) is 0.148. The molecule has 7 nitrogen and oxygen atoms in total. The minimum atomic E-state index is -0.776. The molecule has 210 valence electrons. The molecule has 0 amide bonds. The SMILES string of the molecule is CCOC(=O)Oc1cc(CC2=NCCc3cc(OC)c(OCc4ccccc4)cc32)ccc1OCc1ccccc1. The molecule has 0 radical (unpaired) electrons. The highest BCUT2D eigenvalue weighted by atomic mass is 16.7. The number of rotatable bonds is 11. The number of methoxy groups -OCH3 is 1. The number of carbonyl (C=O) groups is 1. The van der Waals surface area contributed by atoms with E-state index in [1.807, 2.05) is 91.0 Å². The van der Waals surface area contributed by atoms with E-state index < -0.39 is 6.16 Å². The molecule has 4 aromatic carbocycles. The first-order valence-electron chi connectivity index (χ1n) is 13.7. The Hall–Kier alpha value is -4.78. The molecule has 0 atom stereocenters. The topological polar surface area (TPSA) is 75.6 Å². The standard InChI is InChI=1S/C34H33NO6/c1-3-38-34(36)41-33-19-26(14-15-30(33)39-22-24-10-6-4-7-11-24)18-29-28-21-32(40-23-25-12-8-5-9-13-25)31(37-2)20-27(28)16-17-35-29/h4-15,19-21H,3,16-18,22-23H2,1-2H3. The lowest BCUT2D eigenvalue weighted by Gasteiger charge is -2.21. The fraction of sp³-hybridized carbons (Fsp3) is 0.235. The smallest absolute Gasteiger partial charge is 0.493 e. The second kappa shape index (κ2) is 13.5. The summed E-state index contributed by atoms with van der Waals surface area (Å²) >= 11 is 0. The van der Waals surface area contributed by atoms with Gasteiger partial charge in [-0.05, 0) is 59.9 Å². The summed E-state index contributed by atoms with van der Waals surface area (Å²) in [6, 6.07) is 29.5. The Morgan fingerprint density at radius 2 is 1.44 bits per heavy atom. The van der Waals surface area contributed by atoms with Crippen LogP contribution in [-0.2, 0) is 30.8 Å². The van der Waals surface area contributed by atoms with E-state index in [1.54, 1.807) is 14.0 Å². The number of hydrogen-bond donors (Lipinski definition) is 0. The number of fused-ring (bicyclic) bond motifs is 1. The Morgan fingerprint density at radius 1 is 0.756 bits per heavy atom. The maximum absolute atomic E-state index is 12.2. The molecule has 0 spiro atoms. The van der Waals surface area contributed by atoms with Crippen LogP contribution in [0.4, 0.5) is 4.79 Å². The van der Waals surface area contributed by atoms with Gasteiger partial charge in [0, 0.05) is 24.2 Å². The minimum Gasteiger partial charge on any atom is -0.493 e. The number of nitrogens with zero attached hydrogens (tertiary/aromatic N) is 1. The second-order valence-corrected chi connectivity index (χ2v) is 9.53. The average Bonchev–Trinajstić information content (AvgIpc) is 3.00. The molecule has 0 fully saturated rings. The molecule has 0 bridgehead atoms. The van der Waals surface area contributed by atoms with Crippen molar-refractivity contribution in [3.05, 3.63) is 119 Å². The highest BCUT2D eigenvalue weighted by Gasteiger charge is 2.21. The molecule has 41 heavy (non-hydrogen) atoms. The van der Waals surface area contributed by atoms with Crippen LogP contribution in [0, 0.1) is 0 Å². The molecular formula is C34H33NO6. The Bertz CT molecular complexity index is 1500. The van der Waals surface area contributed by atoms with E-state index in [4.69, 9.17) is 28.7 Å². The van der Waals surface area contributed by atoms with Crippen LogP contribution < -0.4 is 18.9 Å². The van der Waals surface area contributed by atoms with Gasteiger partial charge in [0.25, 0.3) is 0 Å². The third kappa shape index (κ3) is 7.25. The first-order chi connectivity index (χ1) is 20.1. The van der Waals surface area contributed by atoms with Crippen LogP contribution in [0.25, 0.3) is 0 Å². The molecule has 1 aliphatic rings. The number of benzene rings is 4. The Balaban J connectivity index is 1.38. The average molecular weight is 552 g/mol. The van der Waals surface area contributed by atoms with Crippen molar-refractivity contribution in [2.24, 2.45) is 4.99 Å². The van der Waals surface area contributed by atoms with Crippen LogP contribution in [0.2, 0.25) is 0 Å². The Morgan fingerprint density at radius 3 is 2.10 bits per heavy atom. The maximum Gasteiger partial charge on any atom is 0.513 e. The molecule has 0 N–H and O–H groups in total. The summed E-state index contributed by atoms with van der Waals surface area (Å²) in [6.07, 6.45) is 0.578. The zero-order chi connectivity index (χ0) is 28.4. The number of carbonyl (C=O) groups excluding carboxylic acids is 1. The van der Waals surface area contributed by atoms with Crippen molar-refractivity contribution in [3.8, 4) is 23.0 Å². The summed E-state index contributed by atoms with van der Waals surface area (Å²) in [4.78, 5) is 17.1. The summed E-state index contributed by atoms with van der Waals surface area (Å²) in [5.41, 5.74) is 6.11. The van der Waals surface area contributed by atoms with Crippen LogP contribution >= 0.6 is 0 Å². The third-order valence-corrected chi connectivity index (χ3v) is 6.69. The summed E-state index contributed by atoms with van der Waals surface area (Å²) in [6.45, 7) is 3.40. The third-order valence-electron chi connectivity index (χ3n) is 6.69. The largest absolute Gasteiger partial charge is 0.513 e. The number of hydrogen-bond acceptors (Lipinski definition) is 7. The molecule has 0 aliphatic carbocycles. The molecular weight excluding hydrogens is 518 g/mol. The van der Waals surface area contributed by atoms with Crippen molar-refractivity contribution in [2.75, 3.05) is 20.3 Å². The van der Waals surface area contributed by atoms with Crippen LogP contribution in [0.3, 0.4) is 0 Å². The summed E-state index contributed by atoms with van der Waals surface area (Å²) in [7, 11) is 1.65. The maximum atomic E-state index is 12.2. The highest BCUT2D eigenvalue weighted by molar-refractivity contribution is 6.04. The normalized spacial score (nSPS) is 12.1. The van der Waals surface area contributed by atoms with Gasteiger partial charge in [-0.15, -0.1) is 0 Å². The van der Waals surface area contributed by atoms with Gasteiger partial charge in [-0.25, -0.2) is 4.79 Å². The van der Waals surface area contributed by atoms with E-state index >= 15 is 0 Å². The predicted molar refractivity (Wildman–Crippen MR) is 157 cm³/mol. The lowest BCUT2D eigenvalue weighted by Crippen LogP contribution is -2.16. The lowest BCUT2D eigenvalue weighted by molar-refractivity contribution is 0.102. The Labute approximate surface area is 240 Å². The van der Waals surface area contributed by atoms with E-state index in [1.165, 1.54) is 0 Å². The Kier molecular flexibility index (Phi) is 9.16. The van der Waals surface area contributed by atoms with Crippen molar-refractivity contribution in [1.82, 2.24) is 0 Å². The van der Waals surface area contributed by atoms with Gasteiger partial charge < -0.3 is 23.7 Å². The second-order valence-electron chi connectivity index (χ2n) is 9.53. The zero-order valence-electron chi connectivity index (χ0n) is 23.3. The first-order valence-corrected chi connectivity index (χ1v) is 13.7. The van der Waals surface area contributed by atoms with Gasteiger partial charge >= 0.3 is 6.16 Å². The first kappa shape index (κ1) is 27.8. The molecule has 0 saturated heterocycles. The van der Waals surface area contributed by atoms with Gasteiger partial charge in [0.2, 0.25) is 0 Å². The van der Waals surface area contributed by atoms with Gasteiger partial charge in [0.1, 0.15) is 13.2 Å². The molecule has 4 aromatic rings. The van der Waals surface area contributed by atoms with E-state index in [0.717, 1.165) is 39.9 Å². The van der Waals surface area contributed by atoms with Crippen molar-refractivity contribution < 1.29 is 28.5 Å². The van der Waals surface area contributed by atoms with Gasteiger partial charge in [-0.3, -0.25) is 4.99 Å².